The number of nitrogens with zero attached hydrogens (tertiary/aromatic N) is 1. The number of carbonyl (C=O) groups excluding carboxylic acids is 1. The molecule has 0 saturated carbocycles. The van der Waals surface area contributed by atoms with Gasteiger partial charge in [0.15, 0.2) is 0 Å². The van der Waals surface area contributed by atoms with Crippen LogP contribution < -0.4 is 0 Å². The normalized spacial score (nSPS) is 10.6. The highest BCUT2D eigenvalue weighted by Crippen LogP contribution is 2.11. The molecule has 0 amide bonds. The molecule has 0 radical (unpaired) electrons. The van der Waals surface area contributed by atoms with Crippen LogP contribution >= 0.6 is 11.6 Å². The van der Waals surface area contributed by atoms with Gasteiger partial charge in [-0.15, -0.1) is 0 Å². The van der Waals surface area contributed by atoms with E-state index in [1.54, 1.807) is 42.6 Å². The average molecular weight is 244 g/mol. The highest BCUT2D eigenvalue weighted by Gasteiger charge is 2.00. The zero-order valence-corrected chi connectivity index (χ0v) is 9.76. The van der Waals surface area contributed by atoms with Gasteiger partial charge >= 0.3 is 0 Å². The monoisotopic (exact) mass is 243 g/mol. The van der Waals surface area contributed by atoms with E-state index in [-0.39, 0.29) is 5.78 Å². The van der Waals surface area contributed by atoms with E-state index in [1.807, 2.05) is 12.1 Å². The Morgan fingerprint density at radius 3 is 2.53 bits per heavy atom. The summed E-state index contributed by atoms with van der Waals surface area (Å²) in [5, 5.41) is 0.679. The predicted molar refractivity (Wildman–Crippen MR) is 69.1 cm³/mol. The molecular weight excluding hydrogens is 234 g/mol. The van der Waals surface area contributed by atoms with Crippen LogP contribution in [0.1, 0.15) is 16.1 Å². The quantitative estimate of drug-likeness (QED) is 0.609. The van der Waals surface area contributed by atoms with E-state index in [4.69, 9.17) is 11.6 Å². The van der Waals surface area contributed by atoms with Crippen LogP contribution in [0.5, 0.6) is 0 Å². The third-order valence-corrected chi connectivity index (χ3v) is 2.47. The number of ketones is 1. The summed E-state index contributed by atoms with van der Waals surface area (Å²) in [4.78, 5) is 15.7. The first kappa shape index (κ1) is 11.6. The van der Waals surface area contributed by atoms with Gasteiger partial charge in [-0.2, -0.15) is 0 Å². The number of allylic oxidation sites excluding steroid dienone is 1. The SMILES string of the molecule is O=C(/C=C/c1ccc(Cl)cc1)c1ccccn1. The van der Waals surface area contributed by atoms with Crippen molar-refractivity contribution in [3.05, 3.63) is 71.0 Å². The standard InChI is InChI=1S/C14H10ClNO/c15-12-7-4-11(5-8-12)6-9-14(17)13-3-1-2-10-16-13/h1-10H/b9-6+. The van der Waals surface area contributed by atoms with Gasteiger partial charge in [-0.25, -0.2) is 0 Å². The Kier molecular flexibility index (Phi) is 3.68. The number of hydrogen-bond acceptors (Lipinski definition) is 2. The molecule has 1 aromatic heterocycles. The zero-order chi connectivity index (χ0) is 12.1. The summed E-state index contributed by atoms with van der Waals surface area (Å²) >= 11 is 5.77. The number of pyridine rings is 1. The highest BCUT2D eigenvalue weighted by molar-refractivity contribution is 6.30. The van der Waals surface area contributed by atoms with Crippen molar-refractivity contribution in [1.29, 1.82) is 0 Å². The van der Waals surface area contributed by atoms with Crippen LogP contribution in [0.4, 0.5) is 0 Å². The first-order valence-corrected chi connectivity index (χ1v) is 5.52. The maximum absolute atomic E-state index is 11.7. The summed E-state index contributed by atoms with van der Waals surface area (Å²) < 4.78 is 0. The molecule has 0 unspecified atom stereocenters. The second-order valence-corrected chi connectivity index (χ2v) is 3.90. The topological polar surface area (TPSA) is 30.0 Å². The van der Waals surface area contributed by atoms with Crippen molar-refractivity contribution in [3.8, 4) is 0 Å². The fourth-order valence-corrected chi connectivity index (χ4v) is 1.47. The summed E-state index contributed by atoms with van der Waals surface area (Å²) in [6, 6.07) is 12.5. The van der Waals surface area contributed by atoms with Crippen molar-refractivity contribution in [1.82, 2.24) is 4.98 Å². The Hall–Kier alpha value is -1.93. The molecule has 84 valence electrons. The Morgan fingerprint density at radius 2 is 1.88 bits per heavy atom. The molecule has 1 heterocycles. The second-order valence-electron chi connectivity index (χ2n) is 3.46. The molecule has 0 N–H and O–H groups in total. The van der Waals surface area contributed by atoms with Gasteiger partial charge in [0, 0.05) is 11.2 Å². The minimum Gasteiger partial charge on any atom is -0.288 e. The summed E-state index contributed by atoms with van der Waals surface area (Å²) in [7, 11) is 0. The molecule has 0 bridgehead atoms. The molecule has 0 spiro atoms. The van der Waals surface area contributed by atoms with Crippen molar-refractivity contribution >= 4 is 23.5 Å². The van der Waals surface area contributed by atoms with Crippen LogP contribution in [0, 0.1) is 0 Å². The van der Waals surface area contributed by atoms with Crippen LogP contribution in [0.25, 0.3) is 6.08 Å². The summed E-state index contributed by atoms with van der Waals surface area (Å²) in [6.07, 6.45) is 4.85. The van der Waals surface area contributed by atoms with Gasteiger partial charge in [0.1, 0.15) is 5.69 Å². The predicted octanol–water partition coefficient (Wildman–Crippen LogP) is 3.63. The van der Waals surface area contributed by atoms with Crippen LogP contribution in [0.2, 0.25) is 5.02 Å². The third kappa shape index (κ3) is 3.26. The van der Waals surface area contributed by atoms with Crippen LogP contribution in [0.3, 0.4) is 0 Å². The Labute approximate surface area is 105 Å². The Balaban J connectivity index is 2.11. The summed E-state index contributed by atoms with van der Waals surface area (Å²) in [5.41, 5.74) is 1.37. The van der Waals surface area contributed by atoms with Crippen LogP contribution in [-0.2, 0) is 0 Å². The van der Waals surface area contributed by atoms with E-state index in [2.05, 4.69) is 4.98 Å². The molecule has 17 heavy (non-hydrogen) atoms. The van der Waals surface area contributed by atoms with Gasteiger partial charge in [-0.3, -0.25) is 9.78 Å². The molecule has 2 nitrogen and oxygen atoms in total. The lowest BCUT2D eigenvalue weighted by molar-refractivity contribution is 0.104. The third-order valence-electron chi connectivity index (χ3n) is 2.21. The minimum atomic E-state index is -0.111. The molecule has 0 aliphatic carbocycles. The number of rotatable bonds is 3. The molecule has 0 aliphatic heterocycles. The van der Waals surface area contributed by atoms with Crippen molar-refractivity contribution in [2.75, 3.05) is 0 Å². The highest BCUT2D eigenvalue weighted by atomic mass is 35.5. The number of carbonyl (C=O) groups is 1. The largest absolute Gasteiger partial charge is 0.288 e. The number of benzene rings is 1. The average Bonchev–Trinajstić information content (AvgIpc) is 2.39. The lowest BCUT2D eigenvalue weighted by atomic mass is 10.1. The van der Waals surface area contributed by atoms with E-state index in [0.717, 1.165) is 5.56 Å². The van der Waals surface area contributed by atoms with Gasteiger partial charge in [-0.1, -0.05) is 35.9 Å². The summed E-state index contributed by atoms with van der Waals surface area (Å²) in [6.45, 7) is 0. The van der Waals surface area contributed by atoms with Gasteiger partial charge in [0.05, 0.1) is 0 Å². The van der Waals surface area contributed by atoms with E-state index in [1.165, 1.54) is 6.08 Å². The fraction of sp³-hybridized carbons (Fsp3) is 0. The van der Waals surface area contributed by atoms with E-state index < -0.39 is 0 Å². The molecule has 3 heteroatoms. The zero-order valence-electron chi connectivity index (χ0n) is 9.01. The smallest absolute Gasteiger partial charge is 0.204 e. The van der Waals surface area contributed by atoms with Crippen LogP contribution in [0.15, 0.2) is 54.7 Å². The molecule has 2 aromatic rings. The summed E-state index contributed by atoms with van der Waals surface area (Å²) in [5.74, 6) is -0.111. The molecule has 0 fully saturated rings. The van der Waals surface area contributed by atoms with Gasteiger partial charge < -0.3 is 0 Å². The van der Waals surface area contributed by atoms with Gasteiger partial charge in [0.2, 0.25) is 5.78 Å². The lowest BCUT2D eigenvalue weighted by Crippen LogP contribution is -1.96. The molecule has 0 saturated heterocycles. The Bertz CT molecular complexity index is 532. The fourth-order valence-electron chi connectivity index (χ4n) is 1.34. The maximum Gasteiger partial charge on any atom is 0.204 e. The lowest BCUT2D eigenvalue weighted by Gasteiger charge is -1.94. The number of hydrogen-bond donors (Lipinski definition) is 0. The molecule has 0 aliphatic rings. The van der Waals surface area contributed by atoms with Crippen molar-refractivity contribution in [2.45, 2.75) is 0 Å². The minimum absolute atomic E-state index is 0.111. The van der Waals surface area contributed by atoms with Crippen molar-refractivity contribution < 1.29 is 4.79 Å². The Morgan fingerprint density at radius 1 is 1.12 bits per heavy atom. The first-order valence-electron chi connectivity index (χ1n) is 5.15. The van der Waals surface area contributed by atoms with Gasteiger partial charge in [-0.05, 0) is 35.9 Å². The van der Waals surface area contributed by atoms with Gasteiger partial charge in [0.25, 0.3) is 0 Å². The maximum atomic E-state index is 11.7. The molecule has 0 atom stereocenters. The van der Waals surface area contributed by atoms with Crippen molar-refractivity contribution in [3.63, 3.8) is 0 Å². The second kappa shape index (κ2) is 5.41. The number of aromatic nitrogens is 1. The van der Waals surface area contributed by atoms with E-state index >= 15 is 0 Å². The van der Waals surface area contributed by atoms with Crippen molar-refractivity contribution in [2.24, 2.45) is 0 Å². The van der Waals surface area contributed by atoms with E-state index in [9.17, 15) is 4.79 Å². The first-order chi connectivity index (χ1) is 8.25. The van der Waals surface area contributed by atoms with E-state index in [0.29, 0.717) is 10.7 Å². The molecule has 2 rings (SSSR count). The molecular formula is C14H10ClNO. The molecule has 1 aromatic carbocycles. The van der Waals surface area contributed by atoms with Crippen LogP contribution in [-0.4, -0.2) is 10.8 Å². The number of halogens is 1.